The standard InChI is InChI=1S/C17H25NO2/c1-18(2)17(15-7-5-4-6-8-15)11-9-14(10-12-17)13-16(19)20-3/h4-8,14H,9-13H2,1-3H3. The summed E-state index contributed by atoms with van der Waals surface area (Å²) in [5, 5.41) is 0. The Labute approximate surface area is 121 Å². The number of ether oxygens (including phenoxy) is 1. The number of carbonyl (C=O) groups excluding carboxylic acids is 1. The maximum Gasteiger partial charge on any atom is 0.305 e. The third-order valence-corrected chi connectivity index (χ3v) is 4.78. The Morgan fingerprint density at radius 3 is 2.35 bits per heavy atom. The van der Waals surface area contributed by atoms with Crippen LogP contribution in [0.2, 0.25) is 0 Å². The smallest absolute Gasteiger partial charge is 0.305 e. The third-order valence-electron chi connectivity index (χ3n) is 4.78. The van der Waals surface area contributed by atoms with Crippen molar-refractivity contribution in [2.45, 2.75) is 37.6 Å². The van der Waals surface area contributed by atoms with Gasteiger partial charge in [-0.05, 0) is 51.3 Å². The molecule has 1 aromatic carbocycles. The van der Waals surface area contributed by atoms with Crippen LogP contribution in [0.3, 0.4) is 0 Å². The van der Waals surface area contributed by atoms with Crippen LogP contribution in [-0.4, -0.2) is 32.1 Å². The third kappa shape index (κ3) is 3.04. The van der Waals surface area contributed by atoms with Gasteiger partial charge in [0, 0.05) is 12.0 Å². The highest BCUT2D eigenvalue weighted by molar-refractivity contribution is 5.69. The normalized spacial score (nSPS) is 26.5. The zero-order valence-electron chi connectivity index (χ0n) is 12.8. The van der Waals surface area contributed by atoms with Crippen LogP contribution in [-0.2, 0) is 15.1 Å². The summed E-state index contributed by atoms with van der Waals surface area (Å²) in [5.41, 5.74) is 1.51. The number of hydrogen-bond donors (Lipinski definition) is 0. The van der Waals surface area contributed by atoms with Crippen molar-refractivity contribution in [2.75, 3.05) is 21.2 Å². The first-order valence-electron chi connectivity index (χ1n) is 7.38. The molecule has 110 valence electrons. The number of hydrogen-bond acceptors (Lipinski definition) is 3. The Morgan fingerprint density at radius 1 is 1.25 bits per heavy atom. The van der Waals surface area contributed by atoms with Gasteiger partial charge in [0.15, 0.2) is 0 Å². The molecule has 0 aliphatic heterocycles. The van der Waals surface area contributed by atoms with E-state index in [0.29, 0.717) is 12.3 Å². The number of nitrogens with zero attached hydrogens (tertiary/aromatic N) is 1. The first kappa shape index (κ1) is 15.0. The lowest BCUT2D eigenvalue weighted by atomic mass is 9.71. The van der Waals surface area contributed by atoms with Crippen LogP contribution < -0.4 is 0 Å². The fourth-order valence-corrected chi connectivity index (χ4v) is 3.42. The molecule has 0 spiro atoms. The average molecular weight is 275 g/mol. The van der Waals surface area contributed by atoms with Gasteiger partial charge in [-0.25, -0.2) is 0 Å². The number of benzene rings is 1. The van der Waals surface area contributed by atoms with Gasteiger partial charge in [-0.2, -0.15) is 0 Å². The second-order valence-electron chi connectivity index (χ2n) is 6.02. The van der Waals surface area contributed by atoms with E-state index in [9.17, 15) is 4.79 Å². The Balaban J connectivity index is 2.09. The number of carbonyl (C=O) groups is 1. The van der Waals surface area contributed by atoms with Gasteiger partial charge in [-0.1, -0.05) is 30.3 Å². The molecule has 1 aliphatic carbocycles. The molecule has 20 heavy (non-hydrogen) atoms. The van der Waals surface area contributed by atoms with Crippen molar-refractivity contribution in [1.29, 1.82) is 0 Å². The van der Waals surface area contributed by atoms with E-state index >= 15 is 0 Å². The Bertz CT molecular complexity index is 434. The summed E-state index contributed by atoms with van der Waals surface area (Å²) in [6.07, 6.45) is 4.94. The van der Waals surface area contributed by atoms with Crippen LogP contribution in [0.25, 0.3) is 0 Å². The van der Waals surface area contributed by atoms with Gasteiger partial charge in [-0.3, -0.25) is 9.69 Å². The molecule has 0 bridgehead atoms. The van der Waals surface area contributed by atoms with E-state index in [0.717, 1.165) is 25.7 Å². The topological polar surface area (TPSA) is 29.5 Å². The zero-order chi connectivity index (χ0) is 14.6. The SMILES string of the molecule is COC(=O)CC1CCC(c2ccccc2)(N(C)C)CC1. The Hall–Kier alpha value is -1.35. The van der Waals surface area contributed by atoms with Gasteiger partial charge >= 0.3 is 5.97 Å². The van der Waals surface area contributed by atoms with Crippen molar-refractivity contribution >= 4 is 5.97 Å². The van der Waals surface area contributed by atoms with E-state index in [4.69, 9.17) is 4.74 Å². The minimum Gasteiger partial charge on any atom is -0.469 e. The lowest BCUT2D eigenvalue weighted by molar-refractivity contribution is -0.142. The number of methoxy groups -OCH3 is 1. The van der Waals surface area contributed by atoms with Crippen LogP contribution >= 0.6 is 0 Å². The summed E-state index contributed by atoms with van der Waals surface area (Å²) in [6, 6.07) is 10.7. The van der Waals surface area contributed by atoms with Crippen molar-refractivity contribution < 1.29 is 9.53 Å². The monoisotopic (exact) mass is 275 g/mol. The minimum atomic E-state index is -0.0768. The van der Waals surface area contributed by atoms with Crippen molar-refractivity contribution in [1.82, 2.24) is 4.90 Å². The van der Waals surface area contributed by atoms with Gasteiger partial charge < -0.3 is 4.74 Å². The molecule has 1 aromatic rings. The van der Waals surface area contributed by atoms with E-state index in [1.165, 1.54) is 12.7 Å². The van der Waals surface area contributed by atoms with Crippen LogP contribution in [0.5, 0.6) is 0 Å². The Kier molecular flexibility index (Phi) is 4.81. The van der Waals surface area contributed by atoms with E-state index in [-0.39, 0.29) is 11.5 Å². The fourth-order valence-electron chi connectivity index (χ4n) is 3.42. The van der Waals surface area contributed by atoms with Crippen LogP contribution in [0, 0.1) is 5.92 Å². The summed E-state index contributed by atoms with van der Waals surface area (Å²) >= 11 is 0. The summed E-state index contributed by atoms with van der Waals surface area (Å²) in [4.78, 5) is 13.8. The molecule has 1 aliphatic rings. The summed E-state index contributed by atoms with van der Waals surface area (Å²) in [6.45, 7) is 0. The molecule has 0 aromatic heterocycles. The lowest BCUT2D eigenvalue weighted by Gasteiger charge is -2.45. The largest absolute Gasteiger partial charge is 0.469 e. The molecule has 2 rings (SSSR count). The molecule has 0 radical (unpaired) electrons. The van der Waals surface area contributed by atoms with Gasteiger partial charge in [0.2, 0.25) is 0 Å². The molecule has 3 nitrogen and oxygen atoms in total. The molecule has 1 saturated carbocycles. The van der Waals surface area contributed by atoms with Crippen LogP contribution in [0.1, 0.15) is 37.7 Å². The van der Waals surface area contributed by atoms with Crippen molar-refractivity contribution in [3.63, 3.8) is 0 Å². The van der Waals surface area contributed by atoms with E-state index in [1.807, 2.05) is 0 Å². The van der Waals surface area contributed by atoms with E-state index in [2.05, 4.69) is 49.3 Å². The van der Waals surface area contributed by atoms with Crippen molar-refractivity contribution in [3.8, 4) is 0 Å². The first-order valence-corrected chi connectivity index (χ1v) is 7.38. The van der Waals surface area contributed by atoms with Crippen LogP contribution in [0.4, 0.5) is 0 Å². The van der Waals surface area contributed by atoms with E-state index in [1.54, 1.807) is 0 Å². The number of esters is 1. The highest BCUT2D eigenvalue weighted by atomic mass is 16.5. The predicted octanol–water partition coefficient (Wildman–Crippen LogP) is 3.20. The van der Waals surface area contributed by atoms with Gasteiger partial charge in [0.1, 0.15) is 0 Å². The minimum absolute atomic E-state index is 0.0768. The molecule has 0 N–H and O–H groups in total. The number of rotatable bonds is 4. The molecular weight excluding hydrogens is 250 g/mol. The highest BCUT2D eigenvalue weighted by Crippen LogP contribution is 2.43. The van der Waals surface area contributed by atoms with E-state index < -0.39 is 0 Å². The van der Waals surface area contributed by atoms with Crippen molar-refractivity contribution in [3.05, 3.63) is 35.9 Å². The van der Waals surface area contributed by atoms with Gasteiger partial charge in [-0.15, -0.1) is 0 Å². The second-order valence-corrected chi connectivity index (χ2v) is 6.02. The van der Waals surface area contributed by atoms with Crippen molar-refractivity contribution in [2.24, 2.45) is 5.92 Å². The summed E-state index contributed by atoms with van der Waals surface area (Å²) < 4.78 is 4.79. The molecule has 3 heteroatoms. The fraction of sp³-hybridized carbons (Fsp3) is 0.588. The average Bonchev–Trinajstić information content (AvgIpc) is 2.48. The van der Waals surface area contributed by atoms with Crippen LogP contribution in [0.15, 0.2) is 30.3 Å². The molecule has 1 fully saturated rings. The quantitative estimate of drug-likeness (QED) is 0.790. The molecule has 0 unspecified atom stereocenters. The first-order chi connectivity index (χ1) is 9.58. The van der Waals surface area contributed by atoms with Gasteiger partial charge in [0.25, 0.3) is 0 Å². The lowest BCUT2D eigenvalue weighted by Crippen LogP contribution is -2.44. The predicted molar refractivity (Wildman–Crippen MR) is 80.4 cm³/mol. The Morgan fingerprint density at radius 2 is 1.85 bits per heavy atom. The summed E-state index contributed by atoms with van der Waals surface area (Å²) in [7, 11) is 5.79. The second kappa shape index (κ2) is 6.40. The summed E-state index contributed by atoms with van der Waals surface area (Å²) in [5.74, 6) is 0.395. The van der Waals surface area contributed by atoms with Gasteiger partial charge in [0.05, 0.1) is 7.11 Å². The molecule has 0 heterocycles. The molecule has 0 atom stereocenters. The highest BCUT2D eigenvalue weighted by Gasteiger charge is 2.38. The zero-order valence-corrected chi connectivity index (χ0v) is 12.8. The molecular formula is C17H25NO2. The maximum atomic E-state index is 11.4. The molecule has 0 saturated heterocycles. The maximum absolute atomic E-state index is 11.4. The molecule has 0 amide bonds.